The van der Waals surface area contributed by atoms with Gasteiger partial charge >= 0.3 is 5.97 Å². The highest BCUT2D eigenvalue weighted by Gasteiger charge is 2.19. The molecule has 0 aliphatic rings. The van der Waals surface area contributed by atoms with Crippen molar-refractivity contribution < 1.29 is 18.7 Å². The number of benzene rings is 1. The van der Waals surface area contributed by atoms with Crippen LogP contribution in [0.25, 0.3) is 11.0 Å². The van der Waals surface area contributed by atoms with E-state index in [0.717, 1.165) is 0 Å². The van der Waals surface area contributed by atoms with Gasteiger partial charge in [0.25, 0.3) is 0 Å². The van der Waals surface area contributed by atoms with Crippen molar-refractivity contribution in [3.63, 3.8) is 0 Å². The molecule has 118 valence electrons. The monoisotopic (exact) mass is 315 g/mol. The Morgan fingerprint density at radius 2 is 2.00 bits per heavy atom. The third-order valence-corrected chi connectivity index (χ3v) is 3.42. The zero-order chi connectivity index (χ0) is 16.4. The number of rotatable bonds is 4. The van der Waals surface area contributed by atoms with Gasteiger partial charge in [-0.3, -0.25) is 4.68 Å². The van der Waals surface area contributed by atoms with Crippen molar-refractivity contribution in [3.8, 4) is 5.75 Å². The van der Waals surface area contributed by atoms with Crippen molar-refractivity contribution in [2.24, 2.45) is 7.05 Å². The lowest BCUT2D eigenvalue weighted by Crippen LogP contribution is -2.08. The smallest absolute Gasteiger partial charge is 0.343 e. The third-order valence-electron chi connectivity index (χ3n) is 3.42. The number of carbonyl (C=O) groups excluding carboxylic acids is 1. The van der Waals surface area contributed by atoms with Gasteiger partial charge in [-0.15, -0.1) is 0 Å². The van der Waals surface area contributed by atoms with E-state index in [1.165, 1.54) is 25.4 Å². The van der Waals surface area contributed by atoms with Gasteiger partial charge in [0.05, 0.1) is 18.7 Å². The van der Waals surface area contributed by atoms with Crippen LogP contribution in [0, 0.1) is 5.82 Å². The second-order valence-electron chi connectivity index (χ2n) is 4.91. The van der Waals surface area contributed by atoms with Crippen molar-refractivity contribution in [2.75, 3.05) is 7.11 Å². The average Bonchev–Trinajstić information content (AvgIpc) is 2.94. The van der Waals surface area contributed by atoms with E-state index in [1.807, 2.05) is 0 Å². The molecule has 1 aromatic carbocycles. The van der Waals surface area contributed by atoms with Gasteiger partial charge in [-0.1, -0.05) is 12.1 Å². The van der Waals surface area contributed by atoms with E-state index in [-0.39, 0.29) is 18.0 Å². The Morgan fingerprint density at radius 1 is 1.26 bits per heavy atom. The normalized spacial score (nSPS) is 10.7. The second kappa shape index (κ2) is 6.04. The molecule has 0 unspecified atom stereocenters. The van der Waals surface area contributed by atoms with E-state index < -0.39 is 5.97 Å². The number of carbonyl (C=O) groups is 1. The molecular formula is C16H14FN3O3. The van der Waals surface area contributed by atoms with Gasteiger partial charge in [-0.2, -0.15) is 5.10 Å². The summed E-state index contributed by atoms with van der Waals surface area (Å²) in [6.07, 6.45) is 2.98. The van der Waals surface area contributed by atoms with Crippen molar-refractivity contribution >= 4 is 17.0 Å². The fourth-order valence-electron chi connectivity index (χ4n) is 2.25. The fourth-order valence-corrected chi connectivity index (χ4v) is 2.25. The minimum absolute atomic E-state index is 0.0351. The maximum atomic E-state index is 12.9. The number of hydrogen-bond acceptors (Lipinski definition) is 5. The first kappa shape index (κ1) is 15.0. The SMILES string of the molecule is COc1c(C(=O)OCc2ccc(F)cc2)cnc2c1cnn2C. The lowest BCUT2D eigenvalue weighted by atomic mass is 10.2. The molecule has 0 saturated carbocycles. The van der Waals surface area contributed by atoms with Crippen LogP contribution in [0.15, 0.2) is 36.7 Å². The number of nitrogens with zero attached hydrogens (tertiary/aromatic N) is 3. The lowest BCUT2D eigenvalue weighted by Gasteiger charge is -2.09. The fraction of sp³-hybridized carbons (Fsp3) is 0.188. The molecule has 2 heterocycles. The number of halogens is 1. The van der Waals surface area contributed by atoms with Crippen molar-refractivity contribution in [2.45, 2.75) is 6.61 Å². The Bertz CT molecular complexity index is 859. The molecule has 0 amide bonds. The number of methoxy groups -OCH3 is 1. The summed E-state index contributed by atoms with van der Waals surface area (Å²) in [5.74, 6) is -0.537. The van der Waals surface area contributed by atoms with Gasteiger partial charge in [0, 0.05) is 13.2 Å². The van der Waals surface area contributed by atoms with Gasteiger partial charge in [-0.25, -0.2) is 14.2 Å². The summed E-state index contributed by atoms with van der Waals surface area (Å²) in [7, 11) is 3.22. The number of hydrogen-bond donors (Lipinski definition) is 0. The lowest BCUT2D eigenvalue weighted by molar-refractivity contribution is 0.0469. The molecule has 0 radical (unpaired) electrons. The topological polar surface area (TPSA) is 66.2 Å². The van der Waals surface area contributed by atoms with Crippen LogP contribution in [0.5, 0.6) is 5.75 Å². The summed E-state index contributed by atoms with van der Waals surface area (Å²) in [5, 5.41) is 4.72. The predicted octanol–water partition coefficient (Wildman–Crippen LogP) is 2.47. The number of aromatic nitrogens is 3. The van der Waals surface area contributed by atoms with Gasteiger partial charge in [0.1, 0.15) is 23.7 Å². The van der Waals surface area contributed by atoms with Crippen molar-refractivity contribution in [3.05, 3.63) is 53.6 Å². The summed E-state index contributed by atoms with van der Waals surface area (Å²) in [5.41, 5.74) is 1.51. The van der Waals surface area contributed by atoms with E-state index in [0.29, 0.717) is 22.3 Å². The highest BCUT2D eigenvalue weighted by Crippen LogP contribution is 2.28. The minimum atomic E-state index is -0.565. The maximum Gasteiger partial charge on any atom is 0.343 e. The summed E-state index contributed by atoms with van der Waals surface area (Å²) in [6.45, 7) is 0.0351. The maximum absolute atomic E-state index is 12.9. The average molecular weight is 315 g/mol. The van der Waals surface area contributed by atoms with E-state index in [9.17, 15) is 9.18 Å². The molecule has 0 atom stereocenters. The van der Waals surface area contributed by atoms with E-state index in [4.69, 9.17) is 9.47 Å². The van der Waals surface area contributed by atoms with Crippen LogP contribution in [0.1, 0.15) is 15.9 Å². The van der Waals surface area contributed by atoms with E-state index in [2.05, 4.69) is 10.1 Å². The Labute approximate surface area is 131 Å². The summed E-state index contributed by atoms with van der Waals surface area (Å²) < 4.78 is 25.0. The molecular weight excluding hydrogens is 301 g/mol. The van der Waals surface area contributed by atoms with Gasteiger partial charge in [-0.05, 0) is 17.7 Å². The molecule has 23 heavy (non-hydrogen) atoms. The molecule has 3 rings (SSSR count). The molecule has 0 N–H and O–H groups in total. The quantitative estimate of drug-likeness (QED) is 0.692. The number of pyridine rings is 1. The molecule has 0 aliphatic heterocycles. The number of aryl methyl sites for hydroxylation is 1. The van der Waals surface area contributed by atoms with E-state index >= 15 is 0 Å². The Morgan fingerprint density at radius 3 is 2.70 bits per heavy atom. The summed E-state index contributed by atoms with van der Waals surface area (Å²) in [4.78, 5) is 16.5. The molecule has 6 nitrogen and oxygen atoms in total. The molecule has 0 fully saturated rings. The van der Waals surface area contributed by atoms with Gasteiger partial charge < -0.3 is 9.47 Å². The van der Waals surface area contributed by atoms with Gasteiger partial charge in [0.15, 0.2) is 5.65 Å². The first-order chi connectivity index (χ1) is 11.1. The first-order valence-corrected chi connectivity index (χ1v) is 6.86. The summed E-state index contributed by atoms with van der Waals surface area (Å²) in [6, 6.07) is 5.74. The standard InChI is InChI=1S/C16H14FN3O3/c1-20-15-12(8-19-20)14(22-2)13(7-18-15)16(21)23-9-10-3-5-11(17)6-4-10/h3-8H,9H2,1-2H3. The molecule has 0 bridgehead atoms. The zero-order valence-electron chi connectivity index (χ0n) is 12.6. The molecule has 0 saturated heterocycles. The number of fused-ring (bicyclic) bond motifs is 1. The van der Waals surface area contributed by atoms with Gasteiger partial charge in [0.2, 0.25) is 0 Å². The van der Waals surface area contributed by atoms with Crippen LogP contribution in [0.3, 0.4) is 0 Å². The zero-order valence-corrected chi connectivity index (χ0v) is 12.6. The Balaban J connectivity index is 1.84. The van der Waals surface area contributed by atoms with Crippen LogP contribution in [-0.2, 0) is 18.4 Å². The Kier molecular flexibility index (Phi) is 3.92. The molecule has 3 aromatic rings. The molecule has 2 aromatic heterocycles. The van der Waals surface area contributed by atoms with E-state index in [1.54, 1.807) is 30.1 Å². The molecule has 0 aliphatic carbocycles. The first-order valence-electron chi connectivity index (χ1n) is 6.86. The van der Waals surface area contributed by atoms with Crippen LogP contribution < -0.4 is 4.74 Å². The van der Waals surface area contributed by atoms with Crippen LogP contribution in [0.2, 0.25) is 0 Å². The summed E-state index contributed by atoms with van der Waals surface area (Å²) >= 11 is 0. The van der Waals surface area contributed by atoms with Crippen LogP contribution in [0.4, 0.5) is 4.39 Å². The van der Waals surface area contributed by atoms with Crippen molar-refractivity contribution in [1.29, 1.82) is 0 Å². The molecule has 7 heteroatoms. The Hall–Kier alpha value is -2.96. The number of ether oxygens (including phenoxy) is 2. The second-order valence-corrected chi connectivity index (χ2v) is 4.91. The predicted molar refractivity (Wildman–Crippen MR) is 80.6 cm³/mol. The highest BCUT2D eigenvalue weighted by atomic mass is 19.1. The number of esters is 1. The third kappa shape index (κ3) is 2.85. The highest BCUT2D eigenvalue weighted by molar-refractivity contribution is 5.98. The van der Waals surface area contributed by atoms with Crippen LogP contribution >= 0.6 is 0 Å². The largest absolute Gasteiger partial charge is 0.495 e. The minimum Gasteiger partial charge on any atom is -0.495 e. The van der Waals surface area contributed by atoms with Crippen molar-refractivity contribution in [1.82, 2.24) is 14.8 Å². The molecule has 0 spiro atoms. The van der Waals surface area contributed by atoms with Crippen LogP contribution in [-0.4, -0.2) is 27.8 Å².